The van der Waals surface area contributed by atoms with Crippen molar-refractivity contribution in [1.82, 2.24) is 10.5 Å². The monoisotopic (exact) mass is 450 g/mol. The molecule has 0 spiro atoms. The van der Waals surface area contributed by atoms with Gasteiger partial charge in [0, 0.05) is 10.4 Å². The van der Waals surface area contributed by atoms with Crippen molar-refractivity contribution in [2.45, 2.75) is 45.4 Å². The van der Waals surface area contributed by atoms with E-state index in [0.29, 0.717) is 27.6 Å². The van der Waals surface area contributed by atoms with E-state index in [-0.39, 0.29) is 5.11 Å². The van der Waals surface area contributed by atoms with E-state index in [2.05, 4.69) is 21.9 Å². The first kappa shape index (κ1) is 21.2. The maximum atomic E-state index is 13.0. The topological polar surface area (TPSA) is 90.9 Å². The summed E-state index contributed by atoms with van der Waals surface area (Å²) in [7, 11) is 0. The molecule has 0 aliphatic heterocycles. The molecule has 8 heteroatoms. The highest BCUT2D eigenvalue weighted by molar-refractivity contribution is 7.80. The van der Waals surface area contributed by atoms with Gasteiger partial charge in [0.1, 0.15) is 28.1 Å². The lowest BCUT2D eigenvalue weighted by atomic mass is 9.97. The van der Waals surface area contributed by atoms with Crippen LogP contribution in [0.1, 0.15) is 57.8 Å². The van der Waals surface area contributed by atoms with Gasteiger partial charge in [-0.15, -0.1) is 11.3 Å². The Hall–Kier alpha value is -3.02. The van der Waals surface area contributed by atoms with Gasteiger partial charge in [0.2, 0.25) is 0 Å². The van der Waals surface area contributed by atoms with Crippen molar-refractivity contribution in [3.8, 4) is 17.3 Å². The number of benzene rings is 1. The molecule has 0 saturated carbocycles. The van der Waals surface area contributed by atoms with Crippen LogP contribution in [0.2, 0.25) is 0 Å². The average Bonchev–Trinajstić information content (AvgIpc) is 3.28. The lowest BCUT2D eigenvalue weighted by Crippen LogP contribution is -2.34. The van der Waals surface area contributed by atoms with Crippen LogP contribution in [-0.4, -0.2) is 16.2 Å². The van der Waals surface area contributed by atoms with Gasteiger partial charge in [-0.25, -0.2) is 0 Å². The number of nitriles is 1. The Morgan fingerprint density at radius 3 is 2.68 bits per heavy atom. The number of nitrogens with one attached hydrogen (secondary N) is 2. The van der Waals surface area contributed by atoms with E-state index in [1.165, 1.54) is 17.7 Å². The van der Waals surface area contributed by atoms with Crippen molar-refractivity contribution in [3.63, 3.8) is 0 Å². The molecular weight excluding hydrogens is 428 g/mol. The molecular formula is C23H22N4O2S2. The number of anilines is 1. The number of fused-ring (bicyclic) bond motifs is 1. The van der Waals surface area contributed by atoms with Gasteiger partial charge in [-0.3, -0.25) is 10.1 Å². The van der Waals surface area contributed by atoms with Crippen molar-refractivity contribution >= 4 is 39.6 Å². The summed E-state index contributed by atoms with van der Waals surface area (Å²) in [5, 5.41) is 20.4. The molecule has 0 radical (unpaired) electrons. The molecule has 3 aromatic rings. The van der Waals surface area contributed by atoms with Gasteiger partial charge in [0.15, 0.2) is 5.11 Å². The molecule has 6 nitrogen and oxygen atoms in total. The van der Waals surface area contributed by atoms with Crippen molar-refractivity contribution in [2.24, 2.45) is 0 Å². The summed E-state index contributed by atoms with van der Waals surface area (Å²) in [6.45, 7) is 1.69. The second kappa shape index (κ2) is 9.41. The minimum absolute atomic E-state index is 0.148. The lowest BCUT2D eigenvalue weighted by molar-refractivity contribution is 0.0977. The molecule has 0 unspecified atom stereocenters. The van der Waals surface area contributed by atoms with Gasteiger partial charge >= 0.3 is 0 Å². The third kappa shape index (κ3) is 4.53. The van der Waals surface area contributed by atoms with Crippen LogP contribution in [0.4, 0.5) is 5.00 Å². The summed E-state index contributed by atoms with van der Waals surface area (Å²) < 4.78 is 5.27. The van der Waals surface area contributed by atoms with Crippen LogP contribution in [0.25, 0.3) is 11.3 Å². The molecule has 0 saturated heterocycles. The normalized spacial score (nSPS) is 13.4. The fraction of sp³-hybridized carbons (Fsp3) is 0.304. The van der Waals surface area contributed by atoms with Crippen LogP contribution in [0.15, 0.2) is 34.9 Å². The predicted octanol–water partition coefficient (Wildman–Crippen LogP) is 5.37. The number of aryl methyl sites for hydroxylation is 2. The Labute approximate surface area is 190 Å². The molecule has 2 N–H and O–H groups in total. The number of thiophene rings is 1. The zero-order valence-corrected chi connectivity index (χ0v) is 18.8. The molecule has 1 amide bonds. The SMILES string of the molecule is Cc1onc(-c2ccccc2)c1C(=O)NC(=S)Nc1sc2c(c1C#N)CCCCCC2. The van der Waals surface area contributed by atoms with Crippen LogP contribution in [0.5, 0.6) is 0 Å². The summed E-state index contributed by atoms with van der Waals surface area (Å²) in [5.74, 6) is 0.0134. The summed E-state index contributed by atoms with van der Waals surface area (Å²) in [6, 6.07) is 11.7. The van der Waals surface area contributed by atoms with E-state index in [1.807, 2.05) is 30.3 Å². The number of carbonyl (C=O) groups excluding carboxylic acids is 1. The number of carbonyl (C=O) groups is 1. The standard InChI is InChI=1S/C23H22N4O2S2/c1-14-19(20(27-29-14)15-9-5-4-6-10-15)21(28)25-23(30)26-22-17(13-24)16-11-7-2-3-8-12-18(16)31-22/h4-6,9-10H,2-3,7-8,11-12H2,1H3,(H2,25,26,28,30). The molecule has 0 bridgehead atoms. The molecule has 31 heavy (non-hydrogen) atoms. The zero-order chi connectivity index (χ0) is 21.8. The van der Waals surface area contributed by atoms with E-state index >= 15 is 0 Å². The molecule has 0 atom stereocenters. The van der Waals surface area contributed by atoms with Crippen molar-refractivity contribution in [2.75, 3.05) is 5.32 Å². The molecule has 2 heterocycles. The van der Waals surface area contributed by atoms with E-state index in [1.54, 1.807) is 18.3 Å². The van der Waals surface area contributed by atoms with Crippen molar-refractivity contribution in [3.05, 3.63) is 57.7 Å². The second-order valence-electron chi connectivity index (χ2n) is 7.47. The average molecular weight is 451 g/mol. The summed E-state index contributed by atoms with van der Waals surface area (Å²) in [5.41, 5.74) is 3.37. The highest BCUT2D eigenvalue weighted by atomic mass is 32.1. The number of hydrogen-bond acceptors (Lipinski definition) is 6. The van der Waals surface area contributed by atoms with Crippen LogP contribution < -0.4 is 10.6 Å². The van der Waals surface area contributed by atoms with Gasteiger partial charge in [-0.05, 0) is 50.4 Å². The Morgan fingerprint density at radius 1 is 1.19 bits per heavy atom. The van der Waals surface area contributed by atoms with Crippen molar-refractivity contribution in [1.29, 1.82) is 5.26 Å². The van der Waals surface area contributed by atoms with Crippen LogP contribution >= 0.6 is 23.6 Å². The number of hydrogen-bond donors (Lipinski definition) is 2. The molecule has 1 aliphatic carbocycles. The summed E-state index contributed by atoms with van der Waals surface area (Å²) in [4.78, 5) is 14.2. The highest BCUT2D eigenvalue weighted by Gasteiger charge is 2.24. The Kier molecular flexibility index (Phi) is 6.44. The first-order valence-corrected chi connectivity index (χ1v) is 11.5. The zero-order valence-electron chi connectivity index (χ0n) is 17.2. The van der Waals surface area contributed by atoms with Crippen LogP contribution in [-0.2, 0) is 12.8 Å². The maximum Gasteiger partial charge on any atom is 0.263 e. The Bertz CT molecular complexity index is 1160. The first-order valence-electron chi connectivity index (χ1n) is 10.3. The van der Waals surface area contributed by atoms with E-state index < -0.39 is 5.91 Å². The van der Waals surface area contributed by atoms with E-state index in [9.17, 15) is 10.1 Å². The number of thiocarbonyl (C=S) groups is 1. The molecule has 1 aliphatic rings. The smallest absolute Gasteiger partial charge is 0.263 e. The third-order valence-corrected chi connectivity index (χ3v) is 6.79. The molecule has 158 valence electrons. The lowest BCUT2D eigenvalue weighted by Gasteiger charge is -2.09. The molecule has 1 aromatic carbocycles. The summed E-state index contributed by atoms with van der Waals surface area (Å²) >= 11 is 6.96. The number of rotatable bonds is 3. The predicted molar refractivity (Wildman–Crippen MR) is 125 cm³/mol. The van der Waals surface area contributed by atoms with Crippen molar-refractivity contribution < 1.29 is 9.32 Å². The van der Waals surface area contributed by atoms with Gasteiger partial charge in [-0.1, -0.05) is 48.3 Å². The maximum absolute atomic E-state index is 13.0. The third-order valence-electron chi connectivity index (χ3n) is 5.37. The quantitative estimate of drug-likeness (QED) is 0.522. The largest absolute Gasteiger partial charge is 0.360 e. The molecule has 2 aromatic heterocycles. The van der Waals surface area contributed by atoms with Crippen LogP contribution in [0.3, 0.4) is 0 Å². The number of aromatic nitrogens is 1. The number of amides is 1. The Balaban J connectivity index is 1.53. The van der Waals surface area contributed by atoms with Gasteiger partial charge in [0.25, 0.3) is 5.91 Å². The van der Waals surface area contributed by atoms with E-state index in [4.69, 9.17) is 16.7 Å². The second-order valence-corrected chi connectivity index (χ2v) is 8.98. The van der Waals surface area contributed by atoms with Crippen LogP contribution in [0, 0.1) is 18.3 Å². The van der Waals surface area contributed by atoms with Gasteiger partial charge in [-0.2, -0.15) is 5.26 Å². The minimum Gasteiger partial charge on any atom is -0.360 e. The van der Waals surface area contributed by atoms with Gasteiger partial charge in [0.05, 0.1) is 5.56 Å². The van der Waals surface area contributed by atoms with Gasteiger partial charge < -0.3 is 9.84 Å². The molecule has 0 fully saturated rings. The fourth-order valence-corrected chi connectivity index (χ4v) is 5.36. The fourth-order valence-electron chi connectivity index (χ4n) is 3.86. The molecule has 4 rings (SSSR count). The minimum atomic E-state index is -0.400. The Morgan fingerprint density at radius 2 is 1.94 bits per heavy atom. The first-order chi connectivity index (χ1) is 15.1. The van der Waals surface area contributed by atoms with E-state index in [0.717, 1.165) is 36.8 Å². The number of nitrogens with zero attached hydrogens (tertiary/aromatic N) is 2. The summed E-state index contributed by atoms with van der Waals surface area (Å²) in [6.07, 6.45) is 6.53. The highest BCUT2D eigenvalue weighted by Crippen LogP contribution is 2.36.